The van der Waals surface area contributed by atoms with E-state index in [9.17, 15) is 4.91 Å². The molecule has 2 atom stereocenters. The minimum Gasteiger partial charge on any atom is -0.312 e. The van der Waals surface area contributed by atoms with Crippen molar-refractivity contribution in [3.8, 4) is 0 Å². The second-order valence-electron chi connectivity index (χ2n) is 3.42. The highest BCUT2D eigenvalue weighted by Gasteiger charge is 2.34. The van der Waals surface area contributed by atoms with E-state index in [-0.39, 0.29) is 0 Å². The van der Waals surface area contributed by atoms with Gasteiger partial charge in [0.05, 0.1) is 11.8 Å². The summed E-state index contributed by atoms with van der Waals surface area (Å²) in [5, 5.41) is 7.99. The summed E-state index contributed by atoms with van der Waals surface area (Å²) in [5.41, 5.74) is 0. The first kappa shape index (κ1) is 7.03. The Hall–Kier alpha value is -0.640. The molecule has 0 aromatic rings. The summed E-state index contributed by atoms with van der Waals surface area (Å²) in [6, 6.07) is 0.529. The van der Waals surface area contributed by atoms with Crippen LogP contribution in [0.5, 0.6) is 0 Å². The van der Waals surface area contributed by atoms with Crippen LogP contribution in [0.2, 0.25) is 0 Å². The Bertz CT molecular complexity index is 148. The molecule has 11 heavy (non-hydrogen) atoms. The number of hydrogen-bond acceptors (Lipinski definition) is 3. The first-order chi connectivity index (χ1) is 5.40. The van der Waals surface area contributed by atoms with Crippen molar-refractivity contribution in [2.24, 2.45) is 11.2 Å². The summed E-state index contributed by atoms with van der Waals surface area (Å²) in [6.07, 6.45) is 2.50. The van der Waals surface area contributed by atoms with Crippen LogP contribution in [-0.2, 0) is 0 Å². The molecule has 0 aromatic heterocycles. The van der Waals surface area contributed by atoms with Gasteiger partial charge in [0.1, 0.15) is 0 Å². The fourth-order valence-corrected chi connectivity index (χ4v) is 2.09. The molecule has 4 heteroatoms. The lowest BCUT2D eigenvalue weighted by Gasteiger charge is -2.24. The SMILES string of the molecule is O=NN1CC2CCCNC2C1. The van der Waals surface area contributed by atoms with Crippen LogP contribution in [0, 0.1) is 10.8 Å². The first-order valence-electron chi connectivity index (χ1n) is 4.22. The zero-order valence-corrected chi connectivity index (χ0v) is 6.49. The summed E-state index contributed by atoms with van der Waals surface area (Å²) >= 11 is 0. The minimum atomic E-state index is 0.529. The van der Waals surface area contributed by atoms with Gasteiger partial charge >= 0.3 is 0 Å². The van der Waals surface area contributed by atoms with Gasteiger partial charge in [-0.3, -0.25) is 5.01 Å². The van der Waals surface area contributed by atoms with E-state index in [0.717, 1.165) is 19.6 Å². The summed E-state index contributed by atoms with van der Waals surface area (Å²) in [5.74, 6) is 0.668. The van der Waals surface area contributed by atoms with Crippen molar-refractivity contribution in [3.63, 3.8) is 0 Å². The van der Waals surface area contributed by atoms with Gasteiger partial charge in [0, 0.05) is 12.6 Å². The van der Waals surface area contributed by atoms with E-state index in [1.165, 1.54) is 12.8 Å². The van der Waals surface area contributed by atoms with Gasteiger partial charge in [-0.05, 0) is 25.3 Å². The number of nitrogens with zero attached hydrogens (tertiary/aromatic N) is 2. The zero-order chi connectivity index (χ0) is 7.68. The molecule has 4 nitrogen and oxygen atoms in total. The molecule has 2 aliphatic rings. The number of nitroso groups, excluding NO2 is 1. The van der Waals surface area contributed by atoms with Crippen molar-refractivity contribution in [1.29, 1.82) is 0 Å². The Morgan fingerprint density at radius 1 is 1.45 bits per heavy atom. The predicted octanol–water partition coefficient (Wildman–Crippen LogP) is 0.352. The third kappa shape index (κ3) is 1.22. The molecule has 0 saturated carbocycles. The molecular formula is C7H13N3O. The van der Waals surface area contributed by atoms with E-state index in [2.05, 4.69) is 10.6 Å². The van der Waals surface area contributed by atoms with E-state index in [1.54, 1.807) is 5.01 Å². The van der Waals surface area contributed by atoms with Crippen LogP contribution in [0.1, 0.15) is 12.8 Å². The number of piperidine rings is 1. The van der Waals surface area contributed by atoms with Gasteiger partial charge in [-0.15, -0.1) is 4.91 Å². The average Bonchev–Trinajstić information content (AvgIpc) is 2.46. The highest BCUT2D eigenvalue weighted by Crippen LogP contribution is 2.24. The predicted molar refractivity (Wildman–Crippen MR) is 41.9 cm³/mol. The Morgan fingerprint density at radius 2 is 2.36 bits per heavy atom. The second kappa shape index (κ2) is 2.77. The molecule has 0 amide bonds. The normalized spacial score (nSPS) is 36.9. The molecule has 0 aliphatic carbocycles. The third-order valence-electron chi connectivity index (χ3n) is 2.70. The zero-order valence-electron chi connectivity index (χ0n) is 6.49. The van der Waals surface area contributed by atoms with E-state index >= 15 is 0 Å². The van der Waals surface area contributed by atoms with Crippen LogP contribution in [0.25, 0.3) is 0 Å². The molecular weight excluding hydrogens is 142 g/mol. The molecule has 0 bridgehead atoms. The van der Waals surface area contributed by atoms with Gasteiger partial charge in [-0.2, -0.15) is 0 Å². The Morgan fingerprint density at radius 3 is 3.09 bits per heavy atom. The number of fused-ring (bicyclic) bond motifs is 1. The van der Waals surface area contributed by atoms with Crippen LogP contribution in [-0.4, -0.2) is 30.7 Å². The summed E-state index contributed by atoms with van der Waals surface area (Å²) in [6.45, 7) is 2.78. The molecule has 0 aromatic carbocycles. The smallest absolute Gasteiger partial charge is 0.0549 e. The molecule has 2 aliphatic heterocycles. The quantitative estimate of drug-likeness (QED) is 0.556. The second-order valence-corrected chi connectivity index (χ2v) is 3.42. The molecule has 2 heterocycles. The Balaban J connectivity index is 1.97. The Kier molecular flexibility index (Phi) is 1.77. The molecule has 0 spiro atoms. The maximum absolute atomic E-state index is 10.2. The van der Waals surface area contributed by atoms with E-state index in [0.29, 0.717) is 12.0 Å². The Labute approximate surface area is 65.9 Å². The lowest BCUT2D eigenvalue weighted by Crippen LogP contribution is -2.40. The molecule has 1 N–H and O–H groups in total. The van der Waals surface area contributed by atoms with Gasteiger partial charge < -0.3 is 5.32 Å². The number of rotatable bonds is 1. The van der Waals surface area contributed by atoms with Gasteiger partial charge in [0.15, 0.2) is 0 Å². The average molecular weight is 155 g/mol. The highest BCUT2D eigenvalue weighted by atomic mass is 16.3. The molecule has 62 valence electrons. The van der Waals surface area contributed by atoms with Crippen LogP contribution in [0.15, 0.2) is 5.29 Å². The van der Waals surface area contributed by atoms with Gasteiger partial charge in [0.2, 0.25) is 0 Å². The summed E-state index contributed by atoms with van der Waals surface area (Å²) < 4.78 is 0. The van der Waals surface area contributed by atoms with Crippen LogP contribution in [0.3, 0.4) is 0 Å². The van der Waals surface area contributed by atoms with Gasteiger partial charge in [-0.25, -0.2) is 0 Å². The van der Waals surface area contributed by atoms with E-state index < -0.39 is 0 Å². The summed E-state index contributed by atoms with van der Waals surface area (Å²) in [4.78, 5) is 10.2. The third-order valence-corrected chi connectivity index (χ3v) is 2.70. The van der Waals surface area contributed by atoms with E-state index in [4.69, 9.17) is 0 Å². The molecule has 2 rings (SSSR count). The van der Waals surface area contributed by atoms with Crippen molar-refractivity contribution in [1.82, 2.24) is 10.3 Å². The molecule has 2 unspecified atom stereocenters. The fraction of sp³-hybridized carbons (Fsp3) is 1.00. The number of hydrogen-bond donors (Lipinski definition) is 1. The molecule has 2 fully saturated rings. The summed E-state index contributed by atoms with van der Waals surface area (Å²) in [7, 11) is 0. The van der Waals surface area contributed by atoms with Gasteiger partial charge in [-0.1, -0.05) is 0 Å². The van der Waals surface area contributed by atoms with Crippen LogP contribution >= 0.6 is 0 Å². The standard InChI is InChI=1S/C7H13N3O/c11-9-10-4-6-2-1-3-8-7(6)5-10/h6-8H,1-5H2. The van der Waals surface area contributed by atoms with Crippen molar-refractivity contribution in [2.45, 2.75) is 18.9 Å². The van der Waals surface area contributed by atoms with Crippen LogP contribution in [0.4, 0.5) is 0 Å². The van der Waals surface area contributed by atoms with Crippen molar-refractivity contribution >= 4 is 0 Å². The fourth-order valence-electron chi connectivity index (χ4n) is 2.09. The highest BCUT2D eigenvalue weighted by molar-refractivity contribution is 4.90. The lowest BCUT2D eigenvalue weighted by atomic mass is 9.94. The van der Waals surface area contributed by atoms with E-state index in [1.807, 2.05) is 0 Å². The van der Waals surface area contributed by atoms with Crippen molar-refractivity contribution in [3.05, 3.63) is 4.91 Å². The van der Waals surface area contributed by atoms with Gasteiger partial charge in [0.25, 0.3) is 0 Å². The van der Waals surface area contributed by atoms with Crippen molar-refractivity contribution < 1.29 is 0 Å². The molecule has 2 saturated heterocycles. The lowest BCUT2D eigenvalue weighted by molar-refractivity contribution is 0.329. The minimum absolute atomic E-state index is 0.529. The maximum atomic E-state index is 10.2. The molecule has 0 radical (unpaired) electrons. The monoisotopic (exact) mass is 155 g/mol. The maximum Gasteiger partial charge on any atom is 0.0549 e. The first-order valence-corrected chi connectivity index (χ1v) is 4.22. The number of nitrogens with one attached hydrogen (secondary N) is 1. The van der Waals surface area contributed by atoms with Crippen LogP contribution < -0.4 is 5.32 Å². The topological polar surface area (TPSA) is 44.7 Å². The van der Waals surface area contributed by atoms with Crippen molar-refractivity contribution in [2.75, 3.05) is 19.6 Å². The largest absolute Gasteiger partial charge is 0.312 e.